The number of hydrogen-bond acceptors (Lipinski definition) is 3. The predicted octanol–water partition coefficient (Wildman–Crippen LogP) is 3.61. The van der Waals surface area contributed by atoms with Crippen molar-refractivity contribution in [2.45, 2.75) is 32.9 Å². The van der Waals surface area contributed by atoms with Crippen LogP contribution in [0.5, 0.6) is 5.75 Å². The normalized spacial score (nSPS) is 14.4. The van der Waals surface area contributed by atoms with Crippen LogP contribution in [0.4, 0.5) is 0 Å². The summed E-state index contributed by atoms with van der Waals surface area (Å²) in [5.41, 5.74) is 3.06. The van der Waals surface area contributed by atoms with Crippen molar-refractivity contribution < 1.29 is 9.53 Å². The van der Waals surface area contributed by atoms with Crippen LogP contribution in [-0.2, 0) is 13.1 Å². The summed E-state index contributed by atoms with van der Waals surface area (Å²) in [6.45, 7) is 6.29. The first-order valence-electron chi connectivity index (χ1n) is 9.07. The molecule has 0 radical (unpaired) electrons. The first-order chi connectivity index (χ1) is 12.3. The van der Waals surface area contributed by atoms with Crippen molar-refractivity contribution in [2.75, 3.05) is 19.7 Å². The summed E-state index contributed by atoms with van der Waals surface area (Å²) in [4.78, 5) is 15.0. The van der Waals surface area contributed by atoms with Crippen molar-refractivity contribution in [2.24, 2.45) is 0 Å². The summed E-state index contributed by atoms with van der Waals surface area (Å²) in [5.74, 6) is 0.535. The Bertz CT molecular complexity index is 709. The maximum absolute atomic E-state index is 12.6. The lowest BCUT2D eigenvalue weighted by molar-refractivity contribution is 0.0947. The molecule has 3 rings (SSSR count). The van der Waals surface area contributed by atoms with Gasteiger partial charge in [0.1, 0.15) is 5.75 Å². The Morgan fingerprint density at radius 2 is 1.72 bits per heavy atom. The van der Waals surface area contributed by atoms with Crippen LogP contribution in [0, 0.1) is 0 Å². The molecular formula is C21H26N2O2. The van der Waals surface area contributed by atoms with Crippen molar-refractivity contribution in [3.8, 4) is 5.75 Å². The smallest absolute Gasteiger partial charge is 0.255 e. The number of para-hydroxylation sites is 1. The van der Waals surface area contributed by atoms with Gasteiger partial charge in [-0.3, -0.25) is 9.69 Å². The molecule has 1 saturated heterocycles. The number of benzene rings is 2. The molecule has 1 aliphatic heterocycles. The molecule has 1 fully saturated rings. The fourth-order valence-electron chi connectivity index (χ4n) is 3.27. The number of ether oxygens (including phenoxy) is 1. The number of carbonyl (C=O) groups is 1. The van der Waals surface area contributed by atoms with E-state index in [1.165, 1.54) is 37.1 Å². The van der Waals surface area contributed by atoms with Crippen molar-refractivity contribution in [3.63, 3.8) is 0 Å². The minimum absolute atomic E-state index is 0.0972. The molecule has 0 spiro atoms. The van der Waals surface area contributed by atoms with Crippen molar-refractivity contribution in [1.82, 2.24) is 10.2 Å². The van der Waals surface area contributed by atoms with Gasteiger partial charge in [0.05, 0.1) is 12.2 Å². The average Bonchev–Trinajstić information content (AvgIpc) is 3.14. The molecule has 132 valence electrons. The molecule has 1 N–H and O–H groups in total. The van der Waals surface area contributed by atoms with Gasteiger partial charge in [-0.15, -0.1) is 0 Å². The molecule has 4 nitrogen and oxygen atoms in total. The number of nitrogens with zero attached hydrogens (tertiary/aromatic N) is 1. The lowest BCUT2D eigenvalue weighted by Crippen LogP contribution is -2.25. The van der Waals surface area contributed by atoms with Crippen LogP contribution >= 0.6 is 0 Å². The molecule has 1 aliphatic rings. The fourth-order valence-corrected chi connectivity index (χ4v) is 3.27. The van der Waals surface area contributed by atoms with Gasteiger partial charge in [-0.05, 0) is 56.1 Å². The molecule has 1 amide bonds. The van der Waals surface area contributed by atoms with E-state index < -0.39 is 0 Å². The van der Waals surface area contributed by atoms with Gasteiger partial charge in [-0.25, -0.2) is 0 Å². The highest BCUT2D eigenvalue weighted by atomic mass is 16.5. The maximum Gasteiger partial charge on any atom is 0.255 e. The first-order valence-corrected chi connectivity index (χ1v) is 9.07. The fraction of sp³-hybridized carbons (Fsp3) is 0.381. The Hall–Kier alpha value is -2.33. The third-order valence-electron chi connectivity index (χ3n) is 4.58. The Morgan fingerprint density at radius 3 is 2.48 bits per heavy atom. The zero-order chi connectivity index (χ0) is 17.5. The van der Waals surface area contributed by atoms with Crippen LogP contribution in [0.3, 0.4) is 0 Å². The second-order valence-electron chi connectivity index (χ2n) is 6.36. The van der Waals surface area contributed by atoms with Gasteiger partial charge in [-0.2, -0.15) is 0 Å². The van der Waals surface area contributed by atoms with Crippen LogP contribution in [0.2, 0.25) is 0 Å². The van der Waals surface area contributed by atoms with Gasteiger partial charge < -0.3 is 10.1 Å². The highest BCUT2D eigenvalue weighted by Crippen LogP contribution is 2.19. The van der Waals surface area contributed by atoms with E-state index in [4.69, 9.17) is 4.74 Å². The van der Waals surface area contributed by atoms with Gasteiger partial charge in [0.15, 0.2) is 0 Å². The number of hydrogen-bond donors (Lipinski definition) is 1. The summed E-state index contributed by atoms with van der Waals surface area (Å²) < 4.78 is 5.56. The van der Waals surface area contributed by atoms with Crippen molar-refractivity contribution >= 4 is 5.91 Å². The summed E-state index contributed by atoms with van der Waals surface area (Å²) in [5, 5.41) is 3.04. The summed E-state index contributed by atoms with van der Waals surface area (Å²) >= 11 is 0. The molecule has 2 aromatic rings. The van der Waals surface area contributed by atoms with E-state index in [-0.39, 0.29) is 5.91 Å². The Morgan fingerprint density at radius 1 is 1.04 bits per heavy atom. The lowest BCUT2D eigenvalue weighted by atomic mass is 10.1. The Labute approximate surface area is 149 Å². The van der Waals surface area contributed by atoms with E-state index in [0.29, 0.717) is 24.5 Å². The van der Waals surface area contributed by atoms with Crippen LogP contribution in [0.1, 0.15) is 41.3 Å². The zero-order valence-electron chi connectivity index (χ0n) is 14.8. The van der Waals surface area contributed by atoms with Gasteiger partial charge in [0.2, 0.25) is 0 Å². The summed E-state index contributed by atoms with van der Waals surface area (Å²) in [6.07, 6.45) is 2.57. The SMILES string of the molecule is CCOc1ccccc1C(=O)NCc1ccccc1CN1CCCC1. The molecular weight excluding hydrogens is 312 g/mol. The van der Waals surface area contributed by atoms with E-state index in [1.54, 1.807) is 6.07 Å². The van der Waals surface area contributed by atoms with Crippen molar-refractivity contribution in [3.05, 3.63) is 65.2 Å². The molecule has 0 aliphatic carbocycles. The lowest BCUT2D eigenvalue weighted by Gasteiger charge is -2.18. The van der Waals surface area contributed by atoms with Crippen LogP contribution in [0.15, 0.2) is 48.5 Å². The molecule has 2 aromatic carbocycles. The second kappa shape index (κ2) is 8.67. The van der Waals surface area contributed by atoms with E-state index in [9.17, 15) is 4.79 Å². The van der Waals surface area contributed by atoms with Crippen LogP contribution in [-0.4, -0.2) is 30.5 Å². The highest BCUT2D eigenvalue weighted by molar-refractivity contribution is 5.96. The minimum Gasteiger partial charge on any atom is -0.493 e. The van der Waals surface area contributed by atoms with Gasteiger partial charge in [0.25, 0.3) is 5.91 Å². The number of likely N-dealkylation sites (tertiary alicyclic amines) is 1. The van der Waals surface area contributed by atoms with Gasteiger partial charge in [-0.1, -0.05) is 36.4 Å². The molecule has 0 unspecified atom stereocenters. The van der Waals surface area contributed by atoms with E-state index in [2.05, 4.69) is 28.4 Å². The molecule has 0 atom stereocenters. The third-order valence-corrected chi connectivity index (χ3v) is 4.58. The summed E-state index contributed by atoms with van der Waals surface area (Å²) in [7, 11) is 0. The van der Waals surface area contributed by atoms with Gasteiger partial charge in [0, 0.05) is 13.1 Å². The van der Waals surface area contributed by atoms with E-state index in [1.807, 2.05) is 31.2 Å². The maximum atomic E-state index is 12.6. The predicted molar refractivity (Wildman–Crippen MR) is 99.7 cm³/mol. The first kappa shape index (κ1) is 17.5. The molecule has 0 saturated carbocycles. The van der Waals surface area contributed by atoms with Gasteiger partial charge >= 0.3 is 0 Å². The van der Waals surface area contributed by atoms with E-state index in [0.717, 1.165) is 6.54 Å². The minimum atomic E-state index is -0.0972. The second-order valence-corrected chi connectivity index (χ2v) is 6.36. The largest absolute Gasteiger partial charge is 0.493 e. The summed E-state index contributed by atoms with van der Waals surface area (Å²) in [6, 6.07) is 15.7. The number of nitrogens with one attached hydrogen (secondary N) is 1. The van der Waals surface area contributed by atoms with Crippen molar-refractivity contribution in [1.29, 1.82) is 0 Å². The standard InChI is InChI=1S/C21H26N2O2/c1-2-25-20-12-6-5-11-19(20)21(24)22-15-17-9-3-4-10-18(17)16-23-13-7-8-14-23/h3-6,9-12H,2,7-8,13-16H2,1H3,(H,22,24). The van der Waals surface area contributed by atoms with E-state index >= 15 is 0 Å². The number of rotatable bonds is 7. The number of carbonyl (C=O) groups excluding carboxylic acids is 1. The molecule has 0 aromatic heterocycles. The quantitative estimate of drug-likeness (QED) is 0.838. The van der Waals surface area contributed by atoms with Crippen LogP contribution < -0.4 is 10.1 Å². The molecule has 25 heavy (non-hydrogen) atoms. The molecule has 0 bridgehead atoms. The highest BCUT2D eigenvalue weighted by Gasteiger charge is 2.15. The zero-order valence-corrected chi connectivity index (χ0v) is 14.8. The number of amides is 1. The topological polar surface area (TPSA) is 41.6 Å². The Kier molecular flexibility index (Phi) is 6.07. The van der Waals surface area contributed by atoms with Crippen LogP contribution in [0.25, 0.3) is 0 Å². The average molecular weight is 338 g/mol. The third kappa shape index (κ3) is 4.60. The molecule has 4 heteroatoms. The monoisotopic (exact) mass is 338 g/mol. The molecule has 1 heterocycles. The Balaban J connectivity index is 1.66.